The lowest BCUT2D eigenvalue weighted by molar-refractivity contribution is -0.134. The van der Waals surface area contributed by atoms with Crippen LogP contribution in [0.1, 0.15) is 54.4 Å². The molecule has 1 saturated heterocycles. The molecule has 12 N–H and O–H groups in total. The Hall–Kier alpha value is -6.11. The molecule has 0 radical (unpaired) electrons. The maximum absolute atomic E-state index is 9.63. The number of benzene rings is 4. The third kappa shape index (κ3) is 24.1. The van der Waals surface area contributed by atoms with Gasteiger partial charge in [0.1, 0.15) is 23.2 Å². The van der Waals surface area contributed by atoms with Crippen molar-refractivity contribution in [3.05, 3.63) is 137 Å². The van der Waals surface area contributed by atoms with Crippen molar-refractivity contribution < 1.29 is 65.4 Å². The lowest BCUT2D eigenvalue weighted by Crippen LogP contribution is -2.27. The number of nitrogens with two attached hydrogens (primary N) is 2. The molecule has 0 amide bonds. The van der Waals surface area contributed by atoms with E-state index in [0.717, 1.165) is 30.8 Å². The fourth-order valence-electron chi connectivity index (χ4n) is 5.90. The van der Waals surface area contributed by atoms with Crippen molar-refractivity contribution in [2.24, 2.45) is 11.5 Å². The Morgan fingerprint density at radius 2 is 1.01 bits per heavy atom. The molecular formula is C46H59N5O14S3. The molecule has 0 aliphatic carbocycles. The molecule has 2 heterocycles. The third-order valence-corrected chi connectivity index (χ3v) is 11.7. The van der Waals surface area contributed by atoms with Gasteiger partial charge in [-0.1, -0.05) is 53.7 Å². The van der Waals surface area contributed by atoms with Crippen molar-refractivity contribution in [2.45, 2.75) is 41.9 Å². The average Bonchev–Trinajstić information content (AvgIpc) is 3.28. The van der Waals surface area contributed by atoms with E-state index in [9.17, 15) is 26.4 Å². The quantitative estimate of drug-likeness (QED) is 0.0204. The Morgan fingerprint density at radius 1 is 0.647 bits per heavy atom. The Bertz CT molecular complexity index is 2370. The molecule has 19 nitrogen and oxygen atoms in total. The monoisotopic (exact) mass is 1000 g/mol. The number of rotatable bonds is 16. The number of piperidine rings is 1. The number of aliphatic hydroxyl groups excluding tert-OH is 2. The number of amidine groups is 2. The number of aliphatic carboxylic acids is 2. The first-order valence-corrected chi connectivity index (χ1v) is 24.8. The molecule has 2 aliphatic heterocycles. The van der Waals surface area contributed by atoms with Crippen molar-refractivity contribution in [1.29, 1.82) is 10.8 Å². The van der Waals surface area contributed by atoms with Gasteiger partial charge in [0.2, 0.25) is 0 Å². The van der Waals surface area contributed by atoms with Crippen LogP contribution in [0, 0.1) is 10.8 Å². The number of ether oxygens (including phenoxy) is 2. The summed E-state index contributed by atoms with van der Waals surface area (Å²) < 4.78 is 65.5. The number of nitrogen functional groups attached to an aromatic ring is 2. The zero-order valence-corrected chi connectivity index (χ0v) is 39.8. The number of carboxylic acid groups (broad SMARTS) is 2. The summed E-state index contributed by atoms with van der Waals surface area (Å²) in [5.74, 6) is -1.98. The minimum Gasteiger partial charge on any atom is -0.494 e. The molecule has 68 heavy (non-hydrogen) atoms. The van der Waals surface area contributed by atoms with E-state index in [4.69, 9.17) is 61.3 Å². The van der Waals surface area contributed by atoms with Gasteiger partial charge in [0.05, 0.1) is 37.9 Å². The van der Waals surface area contributed by atoms with Gasteiger partial charge < -0.3 is 46.3 Å². The highest BCUT2D eigenvalue weighted by atomic mass is 32.2. The van der Waals surface area contributed by atoms with Crippen LogP contribution in [0.2, 0.25) is 0 Å². The number of hydrogen-bond acceptors (Lipinski definition) is 14. The lowest BCUT2D eigenvalue weighted by Gasteiger charge is -2.30. The topological polar surface area (TPSA) is 345 Å². The fourth-order valence-corrected chi connectivity index (χ4v) is 7.45. The number of hydrogen-bond donors (Lipinski definition) is 10. The van der Waals surface area contributed by atoms with Gasteiger partial charge in [0, 0.05) is 46.2 Å². The van der Waals surface area contributed by atoms with Gasteiger partial charge in [0.15, 0.2) is 0 Å². The largest absolute Gasteiger partial charge is 0.494 e. The minimum atomic E-state index is -3.92. The second-order valence-corrected chi connectivity index (χ2v) is 18.8. The summed E-state index contributed by atoms with van der Waals surface area (Å²) in [4.78, 5) is 24.3. The normalized spacial score (nSPS) is 13.0. The van der Waals surface area contributed by atoms with E-state index in [1.807, 2.05) is 36.0 Å². The van der Waals surface area contributed by atoms with Crippen LogP contribution < -0.4 is 20.9 Å². The zero-order valence-electron chi connectivity index (χ0n) is 37.4. The van der Waals surface area contributed by atoms with Gasteiger partial charge in [-0.3, -0.25) is 19.9 Å². The lowest BCUT2D eigenvalue weighted by atomic mass is 9.88. The average molecular weight is 1000 g/mol. The predicted octanol–water partition coefficient (Wildman–Crippen LogP) is 5.01. The highest BCUT2D eigenvalue weighted by Gasteiger charge is 2.24. The van der Waals surface area contributed by atoms with E-state index in [1.165, 1.54) is 52.4 Å². The molecule has 22 heteroatoms. The molecule has 4 aromatic rings. The zero-order chi connectivity index (χ0) is 50.7. The van der Waals surface area contributed by atoms with Gasteiger partial charge in [-0.2, -0.15) is 16.8 Å². The maximum Gasteiger partial charge on any atom is 0.328 e. The summed E-state index contributed by atoms with van der Waals surface area (Å²) in [7, 11) is -5.63. The number of likely N-dealkylation sites (tertiary alicyclic amines) is 1. The Morgan fingerprint density at radius 3 is 1.32 bits per heavy atom. The number of carboxylic acids is 2. The van der Waals surface area contributed by atoms with Crippen LogP contribution in [-0.4, -0.2) is 133 Å². The first-order chi connectivity index (χ1) is 32.1. The number of nitrogens with one attached hydrogen (secondary N) is 2. The number of unbranched alkanes of at least 4 members (excludes halogenated alkanes) is 2. The van der Waals surface area contributed by atoms with Crippen molar-refractivity contribution >= 4 is 61.2 Å². The molecular weight excluding hydrogens is 943 g/mol. The number of aliphatic hydroxyl groups is 2. The summed E-state index contributed by atoms with van der Waals surface area (Å²) in [6, 6.07) is 32.1. The van der Waals surface area contributed by atoms with Gasteiger partial charge in [0.25, 0.3) is 20.2 Å². The van der Waals surface area contributed by atoms with E-state index in [1.54, 1.807) is 29.8 Å². The molecule has 0 aromatic heterocycles. The minimum absolute atomic E-state index is 0.0579. The standard InChI is InChI=1S/C19H24N4O2.C19H19NS.C4H4O4.2C2H6O4S/c20-18(21)14-4-8-16(9-5-14)24-12-2-1-3-13-25-17-10-6-15(7-11-17)19(22)23;1-20-12-10-14(11-13-20)19-15-6-2-4-8-17(15)21-18-9-5-3-7-16(18)19;5-3(6)1-2-4(7)8;2*3-1-2-7(4,5)6/h4-11H,1-3,12-13H2,(H3,20,21)(H3,22,23);2-9H,10-13H2,1H3;1-2H,(H,5,6)(H,7,8);2*3H,1-2H2,(H,4,5,6). The van der Waals surface area contributed by atoms with E-state index in [0.29, 0.717) is 36.5 Å². The molecule has 2 aliphatic rings. The molecule has 370 valence electrons. The SMILES string of the molecule is CN1CCC(=C2c3ccccc3Sc3ccccc32)CC1.N=C(N)c1ccc(OCCCCCOc2ccc(C(=N)N)cc2)cc1.O=C(O)C=CC(=O)O.O=S(=O)(O)CCO.O=S(=O)(O)CCO. The van der Waals surface area contributed by atoms with Crippen molar-refractivity contribution in [3.63, 3.8) is 0 Å². The van der Waals surface area contributed by atoms with Gasteiger partial charge in [-0.25, -0.2) is 9.59 Å². The Kier molecular flexibility index (Phi) is 25.9. The van der Waals surface area contributed by atoms with Gasteiger partial charge in [-0.15, -0.1) is 0 Å². The van der Waals surface area contributed by atoms with E-state index >= 15 is 0 Å². The van der Waals surface area contributed by atoms with Crippen LogP contribution in [0.4, 0.5) is 0 Å². The van der Waals surface area contributed by atoms with Crippen molar-refractivity contribution in [1.82, 2.24) is 4.90 Å². The summed E-state index contributed by atoms with van der Waals surface area (Å²) in [5.41, 5.74) is 18.2. The van der Waals surface area contributed by atoms with E-state index in [2.05, 4.69) is 60.5 Å². The van der Waals surface area contributed by atoms with Crippen LogP contribution in [0.25, 0.3) is 5.57 Å². The van der Waals surface area contributed by atoms with E-state index < -0.39 is 56.9 Å². The smallest absolute Gasteiger partial charge is 0.328 e. The van der Waals surface area contributed by atoms with Crippen LogP contribution in [0.3, 0.4) is 0 Å². The summed E-state index contributed by atoms with van der Waals surface area (Å²) >= 11 is 1.91. The first-order valence-electron chi connectivity index (χ1n) is 20.8. The number of carbonyl (C=O) groups is 2. The first kappa shape index (κ1) is 58.0. The molecule has 0 saturated carbocycles. The van der Waals surface area contributed by atoms with Crippen molar-refractivity contribution in [2.75, 3.05) is 58.1 Å². The second-order valence-electron chi connectivity index (χ2n) is 14.5. The van der Waals surface area contributed by atoms with Crippen LogP contribution in [0.5, 0.6) is 11.5 Å². The Labute approximate surface area is 400 Å². The number of nitrogens with zero attached hydrogens (tertiary/aromatic N) is 1. The third-order valence-electron chi connectivity index (χ3n) is 9.20. The van der Waals surface area contributed by atoms with Crippen LogP contribution in [0.15, 0.2) is 125 Å². The second kappa shape index (κ2) is 30.3. The van der Waals surface area contributed by atoms with Crippen LogP contribution >= 0.6 is 11.8 Å². The van der Waals surface area contributed by atoms with Gasteiger partial charge >= 0.3 is 11.9 Å². The molecule has 0 atom stereocenters. The molecule has 0 unspecified atom stereocenters. The highest BCUT2D eigenvalue weighted by molar-refractivity contribution is 7.99. The molecule has 4 aromatic carbocycles. The van der Waals surface area contributed by atoms with Gasteiger partial charge in [-0.05, 0) is 117 Å². The van der Waals surface area contributed by atoms with E-state index in [-0.39, 0.29) is 11.7 Å². The molecule has 6 rings (SSSR count). The van der Waals surface area contributed by atoms with Crippen molar-refractivity contribution in [3.8, 4) is 11.5 Å². The Balaban J connectivity index is 0.000000329. The molecule has 1 fully saturated rings. The summed E-state index contributed by atoms with van der Waals surface area (Å²) in [6.45, 7) is 2.59. The van der Waals surface area contributed by atoms with Crippen LogP contribution in [-0.2, 0) is 29.8 Å². The maximum atomic E-state index is 9.63. The fraction of sp³-hybridized carbons (Fsp3) is 0.304. The summed E-state index contributed by atoms with van der Waals surface area (Å²) in [5, 5.41) is 46.0. The number of fused-ring (bicyclic) bond motifs is 2. The summed E-state index contributed by atoms with van der Waals surface area (Å²) in [6.07, 6.45) is 6.41. The predicted molar refractivity (Wildman–Crippen MR) is 261 cm³/mol. The molecule has 0 bridgehead atoms. The highest BCUT2D eigenvalue weighted by Crippen LogP contribution is 2.47. The molecule has 0 spiro atoms.